The van der Waals surface area contributed by atoms with Crippen LogP contribution in [0.5, 0.6) is 5.75 Å². The number of benzene rings is 2. The minimum atomic E-state index is 0.321. The molecule has 0 unspecified atom stereocenters. The van der Waals surface area contributed by atoms with Gasteiger partial charge in [-0.2, -0.15) is 0 Å². The van der Waals surface area contributed by atoms with Gasteiger partial charge in [-0.05, 0) is 29.7 Å². The van der Waals surface area contributed by atoms with Crippen LogP contribution in [0.25, 0.3) is 0 Å². The summed E-state index contributed by atoms with van der Waals surface area (Å²) in [5.41, 5.74) is 2.51. The lowest BCUT2D eigenvalue weighted by Gasteiger charge is -2.01. The molecular formula is C13H12O. The van der Waals surface area contributed by atoms with Gasteiger partial charge in [-0.15, -0.1) is 0 Å². The predicted octanol–water partition coefficient (Wildman–Crippen LogP) is 2.98. The Bertz CT molecular complexity index is 389. The molecule has 1 N–H and O–H groups in total. The number of hydrogen-bond donors (Lipinski definition) is 1. The molecule has 0 heterocycles. The van der Waals surface area contributed by atoms with Gasteiger partial charge in [-0.25, -0.2) is 0 Å². The summed E-state index contributed by atoms with van der Waals surface area (Å²) in [4.78, 5) is 0. The lowest BCUT2D eigenvalue weighted by molar-refractivity contribution is 0.475. The minimum absolute atomic E-state index is 0.321. The zero-order chi connectivity index (χ0) is 9.80. The van der Waals surface area contributed by atoms with Gasteiger partial charge in [0.2, 0.25) is 0 Å². The molecule has 0 aromatic heterocycles. The molecule has 1 heteroatoms. The SMILES string of the molecule is Oc1ccc([14CH2]c2ccccc2)cc1. The molecule has 0 saturated heterocycles. The quantitative estimate of drug-likeness (QED) is 0.764. The Labute approximate surface area is 83.6 Å². The molecule has 70 valence electrons. The van der Waals surface area contributed by atoms with Crippen LogP contribution in [0.3, 0.4) is 0 Å². The first-order chi connectivity index (χ1) is 6.84. The van der Waals surface area contributed by atoms with Gasteiger partial charge in [0, 0.05) is 0 Å². The Balaban J connectivity index is 2.16. The number of hydrogen-bond acceptors (Lipinski definition) is 1. The van der Waals surface area contributed by atoms with Crippen LogP contribution in [0.2, 0.25) is 0 Å². The molecule has 14 heavy (non-hydrogen) atoms. The third-order valence-electron chi connectivity index (χ3n) is 2.19. The van der Waals surface area contributed by atoms with Crippen LogP contribution in [-0.2, 0) is 6.42 Å². The van der Waals surface area contributed by atoms with E-state index >= 15 is 0 Å². The highest BCUT2D eigenvalue weighted by molar-refractivity contribution is 5.30. The van der Waals surface area contributed by atoms with Crippen molar-refractivity contribution in [1.82, 2.24) is 0 Å². The summed E-state index contributed by atoms with van der Waals surface area (Å²) in [6.45, 7) is 0. The first kappa shape index (κ1) is 8.82. The zero-order valence-electron chi connectivity index (χ0n) is 7.85. The molecule has 0 aliphatic carbocycles. The highest BCUT2D eigenvalue weighted by Crippen LogP contribution is 2.13. The van der Waals surface area contributed by atoms with Crippen molar-refractivity contribution in [3.63, 3.8) is 0 Å². The van der Waals surface area contributed by atoms with E-state index in [-0.39, 0.29) is 0 Å². The van der Waals surface area contributed by atoms with Crippen molar-refractivity contribution in [3.05, 3.63) is 65.7 Å². The third kappa shape index (κ3) is 2.13. The molecule has 0 amide bonds. The summed E-state index contributed by atoms with van der Waals surface area (Å²) in [5.74, 6) is 0.321. The molecule has 2 aromatic rings. The molecule has 0 fully saturated rings. The number of aromatic hydroxyl groups is 1. The van der Waals surface area contributed by atoms with Crippen LogP contribution in [-0.4, -0.2) is 5.11 Å². The van der Waals surface area contributed by atoms with E-state index in [1.54, 1.807) is 12.1 Å². The first-order valence-electron chi connectivity index (χ1n) is 4.66. The Morgan fingerprint density at radius 1 is 0.714 bits per heavy atom. The topological polar surface area (TPSA) is 20.2 Å². The van der Waals surface area contributed by atoms with E-state index in [2.05, 4.69) is 12.1 Å². The maximum Gasteiger partial charge on any atom is 0.115 e. The maximum atomic E-state index is 9.12. The lowest BCUT2D eigenvalue weighted by atomic mass is 10.2. The summed E-state index contributed by atoms with van der Waals surface area (Å²) in [7, 11) is 0. The number of phenols is 1. The van der Waals surface area contributed by atoms with Gasteiger partial charge < -0.3 is 5.11 Å². The number of rotatable bonds is 2. The molecule has 0 bridgehead atoms. The molecule has 2 aromatic carbocycles. The smallest absolute Gasteiger partial charge is 0.115 e. The fourth-order valence-corrected chi connectivity index (χ4v) is 1.45. The van der Waals surface area contributed by atoms with E-state index in [4.69, 9.17) is 5.11 Å². The van der Waals surface area contributed by atoms with Crippen LogP contribution in [0, 0.1) is 0 Å². The summed E-state index contributed by atoms with van der Waals surface area (Å²) >= 11 is 0. The second kappa shape index (κ2) is 3.97. The van der Waals surface area contributed by atoms with Crippen molar-refractivity contribution in [1.29, 1.82) is 0 Å². The summed E-state index contributed by atoms with van der Waals surface area (Å²) in [6, 6.07) is 17.6. The standard InChI is InChI=1S/C13H12O/c14-13-8-6-12(7-9-13)10-11-4-2-1-3-5-11/h1-9,14H,10H2/i10+2. The van der Waals surface area contributed by atoms with Crippen LogP contribution < -0.4 is 0 Å². The van der Waals surface area contributed by atoms with Gasteiger partial charge in [0.05, 0.1) is 0 Å². The Kier molecular flexibility index (Phi) is 2.50. The second-order valence-corrected chi connectivity index (χ2v) is 3.33. The molecule has 0 aliphatic rings. The maximum absolute atomic E-state index is 9.12. The van der Waals surface area contributed by atoms with Crippen LogP contribution in [0.15, 0.2) is 54.6 Å². The van der Waals surface area contributed by atoms with Crippen molar-refractivity contribution in [2.75, 3.05) is 0 Å². The molecule has 0 atom stereocenters. The van der Waals surface area contributed by atoms with E-state index in [1.807, 2.05) is 30.3 Å². The van der Waals surface area contributed by atoms with Gasteiger partial charge in [0.25, 0.3) is 0 Å². The molecule has 0 radical (unpaired) electrons. The minimum Gasteiger partial charge on any atom is -0.508 e. The highest BCUT2D eigenvalue weighted by atomic mass is 16.3. The van der Waals surface area contributed by atoms with E-state index < -0.39 is 0 Å². The van der Waals surface area contributed by atoms with Gasteiger partial charge in [-0.1, -0.05) is 42.5 Å². The Morgan fingerprint density at radius 2 is 1.29 bits per heavy atom. The van der Waals surface area contributed by atoms with Crippen LogP contribution in [0.4, 0.5) is 0 Å². The average molecular weight is 186 g/mol. The fourth-order valence-electron chi connectivity index (χ4n) is 1.45. The van der Waals surface area contributed by atoms with Gasteiger partial charge >= 0.3 is 0 Å². The molecule has 1 nitrogen and oxygen atoms in total. The zero-order valence-corrected chi connectivity index (χ0v) is 7.85. The second-order valence-electron chi connectivity index (χ2n) is 3.33. The molecule has 0 aliphatic heterocycles. The van der Waals surface area contributed by atoms with Crippen molar-refractivity contribution >= 4 is 0 Å². The normalized spacial score (nSPS) is 10.0. The fraction of sp³-hybridized carbons (Fsp3) is 0.0769. The predicted molar refractivity (Wildman–Crippen MR) is 57.4 cm³/mol. The highest BCUT2D eigenvalue weighted by Gasteiger charge is 1.95. The van der Waals surface area contributed by atoms with E-state index in [9.17, 15) is 0 Å². The van der Waals surface area contributed by atoms with Crippen molar-refractivity contribution in [2.45, 2.75) is 6.42 Å². The van der Waals surface area contributed by atoms with Crippen molar-refractivity contribution in [2.24, 2.45) is 0 Å². The monoisotopic (exact) mass is 186 g/mol. The average Bonchev–Trinajstić information content (AvgIpc) is 2.23. The van der Waals surface area contributed by atoms with E-state index in [0.717, 1.165) is 6.42 Å². The summed E-state index contributed by atoms with van der Waals surface area (Å²) < 4.78 is 0. The lowest BCUT2D eigenvalue weighted by Crippen LogP contribution is -1.86. The van der Waals surface area contributed by atoms with Crippen LogP contribution >= 0.6 is 0 Å². The van der Waals surface area contributed by atoms with Gasteiger partial charge in [0.15, 0.2) is 0 Å². The van der Waals surface area contributed by atoms with E-state index in [0.29, 0.717) is 5.75 Å². The van der Waals surface area contributed by atoms with Gasteiger partial charge in [0.1, 0.15) is 5.75 Å². The van der Waals surface area contributed by atoms with Gasteiger partial charge in [-0.3, -0.25) is 0 Å². The molecule has 0 saturated carbocycles. The van der Waals surface area contributed by atoms with Crippen LogP contribution in [0.1, 0.15) is 11.1 Å². The van der Waals surface area contributed by atoms with Crippen molar-refractivity contribution in [3.8, 4) is 5.75 Å². The summed E-state index contributed by atoms with van der Waals surface area (Å²) in [6.07, 6.45) is 0.918. The van der Waals surface area contributed by atoms with Crippen molar-refractivity contribution < 1.29 is 5.11 Å². The largest absolute Gasteiger partial charge is 0.508 e. The summed E-state index contributed by atoms with van der Waals surface area (Å²) in [5, 5.41) is 9.12. The number of phenolic OH excluding ortho intramolecular Hbond substituents is 1. The Morgan fingerprint density at radius 3 is 1.93 bits per heavy atom. The molecule has 0 spiro atoms. The third-order valence-corrected chi connectivity index (χ3v) is 2.19. The molecular weight excluding hydrogens is 174 g/mol. The van der Waals surface area contributed by atoms with E-state index in [1.165, 1.54) is 11.1 Å². The molecule has 2 rings (SSSR count). The Hall–Kier alpha value is -1.76. The first-order valence-corrected chi connectivity index (χ1v) is 4.66.